The van der Waals surface area contributed by atoms with Crippen LogP contribution in [0.5, 0.6) is 0 Å². The topological polar surface area (TPSA) is 75.4 Å². The number of oxazole rings is 1. The molecule has 1 N–H and O–H groups in total. The molecule has 1 saturated heterocycles. The van der Waals surface area contributed by atoms with Crippen LogP contribution in [0.3, 0.4) is 0 Å². The molecule has 28 heavy (non-hydrogen) atoms. The van der Waals surface area contributed by atoms with Crippen LogP contribution in [-0.2, 0) is 16.0 Å². The first-order chi connectivity index (χ1) is 13.5. The molecular weight excluding hydrogens is 374 g/mol. The van der Waals surface area contributed by atoms with Crippen LogP contribution in [0.2, 0.25) is 0 Å². The minimum Gasteiger partial charge on any atom is -0.440 e. The number of hydrogen-bond acceptors (Lipinski definition) is 5. The third-order valence-electron chi connectivity index (χ3n) is 4.95. The van der Waals surface area contributed by atoms with Crippen LogP contribution in [0.15, 0.2) is 40.1 Å². The van der Waals surface area contributed by atoms with E-state index in [9.17, 15) is 9.59 Å². The molecule has 0 saturated carbocycles. The van der Waals surface area contributed by atoms with E-state index in [0.717, 1.165) is 16.8 Å². The van der Waals surface area contributed by atoms with Crippen molar-refractivity contribution < 1.29 is 14.0 Å². The van der Waals surface area contributed by atoms with Gasteiger partial charge in [0.2, 0.25) is 11.8 Å². The fourth-order valence-corrected chi connectivity index (χ4v) is 4.19. The zero-order valence-corrected chi connectivity index (χ0v) is 16.8. The second kappa shape index (κ2) is 7.75. The van der Waals surface area contributed by atoms with E-state index in [1.165, 1.54) is 0 Å². The molecule has 146 valence electrons. The largest absolute Gasteiger partial charge is 0.440 e. The monoisotopic (exact) mass is 397 g/mol. The van der Waals surface area contributed by atoms with Crippen LogP contribution in [0.25, 0.3) is 11.1 Å². The molecule has 0 aliphatic carbocycles. The number of likely N-dealkylation sites (tertiary alicyclic amines) is 1. The summed E-state index contributed by atoms with van der Waals surface area (Å²) in [5.74, 6) is 0.740. The van der Waals surface area contributed by atoms with Gasteiger partial charge in [-0.3, -0.25) is 9.59 Å². The van der Waals surface area contributed by atoms with E-state index in [1.54, 1.807) is 16.2 Å². The first-order valence-electron chi connectivity index (χ1n) is 9.54. The van der Waals surface area contributed by atoms with Crippen LogP contribution in [0.4, 0.5) is 5.69 Å². The van der Waals surface area contributed by atoms with Gasteiger partial charge in [0.05, 0.1) is 6.42 Å². The number of aromatic nitrogens is 1. The van der Waals surface area contributed by atoms with Crippen molar-refractivity contribution in [1.82, 2.24) is 9.88 Å². The first-order valence-corrected chi connectivity index (χ1v) is 10.4. The highest BCUT2D eigenvalue weighted by Crippen LogP contribution is 2.25. The van der Waals surface area contributed by atoms with Gasteiger partial charge in [0.1, 0.15) is 11.6 Å². The normalized spacial score (nSPS) is 16.8. The molecule has 1 unspecified atom stereocenters. The highest BCUT2D eigenvalue weighted by molar-refractivity contribution is 7.10. The second-order valence-corrected chi connectivity index (χ2v) is 8.41. The molecule has 1 aromatic carbocycles. The van der Waals surface area contributed by atoms with Crippen molar-refractivity contribution in [2.24, 2.45) is 0 Å². The lowest BCUT2D eigenvalue weighted by molar-refractivity contribution is -0.136. The molecule has 2 aromatic heterocycles. The number of carbonyl (C=O) groups excluding carboxylic acids is 2. The van der Waals surface area contributed by atoms with Crippen molar-refractivity contribution in [2.45, 2.75) is 45.1 Å². The number of benzene rings is 1. The Morgan fingerprint density at radius 1 is 1.36 bits per heavy atom. The maximum Gasteiger partial charge on any atom is 0.247 e. The Bertz CT molecular complexity index is 994. The van der Waals surface area contributed by atoms with Crippen molar-refractivity contribution in [3.8, 4) is 0 Å². The van der Waals surface area contributed by atoms with Crippen molar-refractivity contribution in [3.05, 3.63) is 46.5 Å². The Balaban J connectivity index is 1.46. The Labute approximate surface area is 167 Å². The summed E-state index contributed by atoms with van der Waals surface area (Å²) < 4.78 is 5.71. The molecule has 1 atom stereocenters. The van der Waals surface area contributed by atoms with E-state index < -0.39 is 6.04 Å². The average Bonchev–Trinajstić information content (AvgIpc) is 3.41. The second-order valence-electron chi connectivity index (χ2n) is 7.38. The molecular formula is C21H23N3O3S. The summed E-state index contributed by atoms with van der Waals surface area (Å²) in [5, 5.41) is 4.91. The van der Waals surface area contributed by atoms with Gasteiger partial charge in [-0.2, -0.15) is 0 Å². The number of rotatable bonds is 5. The van der Waals surface area contributed by atoms with Gasteiger partial charge in [0.15, 0.2) is 11.5 Å². The lowest BCUT2D eigenvalue weighted by Gasteiger charge is -2.23. The molecule has 1 aliphatic rings. The summed E-state index contributed by atoms with van der Waals surface area (Å²) in [4.78, 5) is 32.7. The number of fused-ring (bicyclic) bond motifs is 1. The van der Waals surface area contributed by atoms with Gasteiger partial charge < -0.3 is 14.6 Å². The maximum absolute atomic E-state index is 12.8. The fraction of sp³-hybridized carbons (Fsp3) is 0.381. The van der Waals surface area contributed by atoms with Crippen LogP contribution < -0.4 is 5.32 Å². The van der Waals surface area contributed by atoms with Gasteiger partial charge in [-0.1, -0.05) is 19.9 Å². The lowest BCUT2D eigenvalue weighted by Crippen LogP contribution is -2.43. The maximum atomic E-state index is 12.8. The molecule has 7 heteroatoms. The van der Waals surface area contributed by atoms with Crippen molar-refractivity contribution >= 4 is 39.9 Å². The van der Waals surface area contributed by atoms with E-state index >= 15 is 0 Å². The van der Waals surface area contributed by atoms with E-state index in [1.807, 2.05) is 49.6 Å². The molecule has 4 rings (SSSR count). The number of nitrogens with zero attached hydrogens (tertiary/aromatic N) is 2. The number of carbonyl (C=O) groups is 2. The zero-order chi connectivity index (χ0) is 19.7. The molecule has 1 aliphatic heterocycles. The quantitative estimate of drug-likeness (QED) is 0.701. The zero-order valence-electron chi connectivity index (χ0n) is 16.0. The SMILES string of the molecule is CC(C)c1nc2cc(NC(=O)C3CCCN3C(=O)Cc3cccs3)ccc2o1. The predicted octanol–water partition coefficient (Wildman–Crippen LogP) is 4.18. The van der Waals surface area contributed by atoms with Crippen molar-refractivity contribution in [3.63, 3.8) is 0 Å². The summed E-state index contributed by atoms with van der Waals surface area (Å²) in [6.45, 7) is 4.67. The average molecular weight is 398 g/mol. The standard InChI is InChI=1S/C21H23N3O3S/c1-13(2)21-23-16-11-14(7-8-18(16)27-21)22-20(26)17-6-3-9-24(17)19(25)12-15-5-4-10-28-15/h4-5,7-8,10-11,13,17H,3,6,9,12H2,1-2H3,(H,22,26). The molecule has 0 radical (unpaired) electrons. The van der Waals surface area contributed by atoms with E-state index in [-0.39, 0.29) is 17.7 Å². The Kier molecular flexibility index (Phi) is 5.17. The predicted molar refractivity (Wildman–Crippen MR) is 109 cm³/mol. The lowest BCUT2D eigenvalue weighted by atomic mass is 10.2. The Morgan fingerprint density at radius 2 is 2.21 bits per heavy atom. The van der Waals surface area contributed by atoms with E-state index in [0.29, 0.717) is 36.5 Å². The first kappa shape index (κ1) is 18.7. The Hall–Kier alpha value is -2.67. The van der Waals surface area contributed by atoms with Gasteiger partial charge in [-0.15, -0.1) is 11.3 Å². The highest BCUT2D eigenvalue weighted by atomic mass is 32.1. The van der Waals surface area contributed by atoms with Crippen molar-refractivity contribution in [1.29, 1.82) is 0 Å². The van der Waals surface area contributed by atoms with Gasteiger partial charge in [-0.05, 0) is 42.5 Å². The number of anilines is 1. The molecule has 6 nitrogen and oxygen atoms in total. The number of nitrogens with one attached hydrogen (secondary N) is 1. The highest BCUT2D eigenvalue weighted by Gasteiger charge is 2.34. The number of hydrogen-bond donors (Lipinski definition) is 1. The molecule has 0 bridgehead atoms. The van der Waals surface area contributed by atoms with E-state index in [2.05, 4.69) is 10.3 Å². The van der Waals surface area contributed by atoms with Crippen LogP contribution in [-0.4, -0.2) is 34.3 Å². The van der Waals surface area contributed by atoms with E-state index in [4.69, 9.17) is 4.42 Å². The van der Waals surface area contributed by atoms with Crippen LogP contribution in [0.1, 0.15) is 43.4 Å². The summed E-state index contributed by atoms with van der Waals surface area (Å²) in [5.41, 5.74) is 2.09. The molecule has 3 aromatic rings. The summed E-state index contributed by atoms with van der Waals surface area (Å²) in [7, 11) is 0. The smallest absolute Gasteiger partial charge is 0.247 e. The van der Waals surface area contributed by atoms with Gasteiger partial charge in [0.25, 0.3) is 0 Å². The minimum absolute atomic E-state index is 0.00799. The Morgan fingerprint density at radius 3 is 2.96 bits per heavy atom. The molecule has 0 spiro atoms. The summed E-state index contributed by atoms with van der Waals surface area (Å²) in [6, 6.07) is 8.90. The molecule has 1 fully saturated rings. The van der Waals surface area contributed by atoms with Crippen molar-refractivity contribution in [2.75, 3.05) is 11.9 Å². The number of thiophene rings is 1. The van der Waals surface area contributed by atoms with Gasteiger partial charge in [0, 0.05) is 23.0 Å². The number of amides is 2. The van der Waals surface area contributed by atoms with Crippen LogP contribution >= 0.6 is 11.3 Å². The van der Waals surface area contributed by atoms with Gasteiger partial charge >= 0.3 is 0 Å². The summed E-state index contributed by atoms with van der Waals surface area (Å²) in [6.07, 6.45) is 1.88. The molecule has 3 heterocycles. The minimum atomic E-state index is -0.424. The molecule has 2 amide bonds. The van der Waals surface area contributed by atoms with Crippen LogP contribution in [0, 0.1) is 0 Å². The summed E-state index contributed by atoms with van der Waals surface area (Å²) >= 11 is 1.56. The third kappa shape index (κ3) is 3.80. The van der Waals surface area contributed by atoms with Gasteiger partial charge in [-0.25, -0.2) is 4.98 Å². The third-order valence-corrected chi connectivity index (χ3v) is 5.82. The fourth-order valence-electron chi connectivity index (χ4n) is 3.50.